The van der Waals surface area contributed by atoms with Crippen LogP contribution in [0, 0.1) is 5.92 Å². The molecule has 0 aliphatic carbocycles. The predicted molar refractivity (Wildman–Crippen MR) is 75.5 cm³/mol. The Morgan fingerprint density at radius 3 is 2.24 bits per heavy atom. The molecule has 0 fully saturated rings. The van der Waals surface area contributed by atoms with Crippen LogP contribution < -0.4 is 5.32 Å². The Morgan fingerprint density at radius 2 is 1.82 bits per heavy atom. The fraction of sp³-hybridized carbons (Fsp3) is 1.00. The molecule has 1 atom stereocenters. The molecule has 3 nitrogen and oxygen atoms in total. The third kappa shape index (κ3) is 8.58. The summed E-state index contributed by atoms with van der Waals surface area (Å²) in [6, 6.07) is 0.565. The Bertz CT molecular complexity index is 187. The van der Waals surface area contributed by atoms with E-state index in [1.54, 1.807) is 0 Å². The number of ether oxygens (including phenoxy) is 1. The summed E-state index contributed by atoms with van der Waals surface area (Å²) in [7, 11) is 2.19. The van der Waals surface area contributed by atoms with E-state index in [2.05, 4.69) is 51.9 Å². The molecule has 1 unspecified atom stereocenters. The van der Waals surface area contributed by atoms with E-state index in [0.29, 0.717) is 12.0 Å². The van der Waals surface area contributed by atoms with Crippen LogP contribution in [0.4, 0.5) is 0 Å². The normalized spacial score (nSPS) is 14.6. The van der Waals surface area contributed by atoms with E-state index in [-0.39, 0.29) is 5.54 Å². The summed E-state index contributed by atoms with van der Waals surface area (Å²) < 4.78 is 5.42. The summed E-state index contributed by atoms with van der Waals surface area (Å²) in [5.41, 5.74) is 0.188. The lowest BCUT2D eigenvalue weighted by molar-refractivity contribution is 0.0934. The van der Waals surface area contributed by atoms with Crippen molar-refractivity contribution in [3.63, 3.8) is 0 Å². The van der Waals surface area contributed by atoms with Crippen molar-refractivity contribution in [2.24, 2.45) is 5.92 Å². The van der Waals surface area contributed by atoms with E-state index >= 15 is 0 Å². The third-order valence-electron chi connectivity index (χ3n) is 2.97. The highest BCUT2D eigenvalue weighted by Gasteiger charge is 2.20. The Hall–Kier alpha value is -0.120. The van der Waals surface area contributed by atoms with Crippen LogP contribution >= 0.6 is 0 Å². The second-order valence-electron chi connectivity index (χ2n) is 6.12. The molecule has 0 aromatic heterocycles. The first-order valence-electron chi connectivity index (χ1n) is 6.81. The van der Waals surface area contributed by atoms with E-state index in [9.17, 15) is 0 Å². The van der Waals surface area contributed by atoms with Crippen LogP contribution in [0.15, 0.2) is 0 Å². The minimum absolute atomic E-state index is 0.188. The molecule has 0 saturated heterocycles. The van der Waals surface area contributed by atoms with Gasteiger partial charge in [0, 0.05) is 31.3 Å². The lowest BCUT2D eigenvalue weighted by Crippen LogP contribution is -2.49. The van der Waals surface area contributed by atoms with Crippen molar-refractivity contribution in [2.75, 3.05) is 33.4 Å². The van der Waals surface area contributed by atoms with Crippen LogP contribution in [0.1, 0.15) is 41.5 Å². The monoisotopic (exact) mass is 244 g/mol. The lowest BCUT2D eigenvalue weighted by Gasteiger charge is -2.34. The van der Waals surface area contributed by atoms with Gasteiger partial charge in [0.1, 0.15) is 0 Å². The van der Waals surface area contributed by atoms with Gasteiger partial charge in [0.15, 0.2) is 0 Å². The van der Waals surface area contributed by atoms with Crippen molar-refractivity contribution in [3.8, 4) is 0 Å². The highest BCUT2D eigenvalue weighted by molar-refractivity contribution is 4.79. The van der Waals surface area contributed by atoms with E-state index in [4.69, 9.17) is 4.74 Å². The van der Waals surface area contributed by atoms with Crippen LogP contribution in [-0.2, 0) is 4.74 Å². The molecule has 0 bridgehead atoms. The van der Waals surface area contributed by atoms with Crippen LogP contribution in [0.2, 0.25) is 0 Å². The van der Waals surface area contributed by atoms with Gasteiger partial charge in [-0.05, 0) is 40.7 Å². The van der Waals surface area contributed by atoms with Gasteiger partial charge in [0.05, 0.1) is 6.61 Å². The average Bonchev–Trinajstić information content (AvgIpc) is 2.15. The standard InChI is InChI=1S/C14H32N2O/c1-8-17-10-9-16(7)13(12(2)3)11-15-14(4,5)6/h12-13,15H,8-11H2,1-7H3. The average molecular weight is 244 g/mol. The van der Waals surface area contributed by atoms with Crippen LogP contribution in [0.3, 0.4) is 0 Å². The molecule has 0 aromatic carbocycles. The molecule has 0 aliphatic rings. The zero-order valence-corrected chi connectivity index (χ0v) is 12.8. The Labute approximate surface area is 108 Å². The molecule has 0 amide bonds. The van der Waals surface area contributed by atoms with Crippen molar-refractivity contribution in [3.05, 3.63) is 0 Å². The molecule has 17 heavy (non-hydrogen) atoms. The molecule has 3 heteroatoms. The van der Waals surface area contributed by atoms with E-state index in [1.165, 1.54) is 0 Å². The quantitative estimate of drug-likeness (QED) is 0.663. The van der Waals surface area contributed by atoms with Crippen molar-refractivity contribution in [2.45, 2.75) is 53.1 Å². The number of nitrogens with one attached hydrogen (secondary N) is 1. The van der Waals surface area contributed by atoms with Crippen LogP contribution in [-0.4, -0.2) is 49.8 Å². The first kappa shape index (κ1) is 16.9. The molecule has 104 valence electrons. The topological polar surface area (TPSA) is 24.5 Å². The van der Waals surface area contributed by atoms with Gasteiger partial charge in [-0.25, -0.2) is 0 Å². The fourth-order valence-corrected chi connectivity index (χ4v) is 1.83. The zero-order chi connectivity index (χ0) is 13.5. The Morgan fingerprint density at radius 1 is 1.24 bits per heavy atom. The second kappa shape index (κ2) is 8.06. The third-order valence-corrected chi connectivity index (χ3v) is 2.97. The first-order chi connectivity index (χ1) is 7.78. The van der Waals surface area contributed by atoms with Gasteiger partial charge in [-0.3, -0.25) is 4.90 Å². The first-order valence-corrected chi connectivity index (χ1v) is 6.81. The molecule has 1 N–H and O–H groups in total. The SMILES string of the molecule is CCOCCN(C)C(CNC(C)(C)C)C(C)C. The molecule has 0 heterocycles. The number of hydrogen-bond acceptors (Lipinski definition) is 3. The van der Waals surface area contributed by atoms with E-state index < -0.39 is 0 Å². The number of hydrogen-bond donors (Lipinski definition) is 1. The summed E-state index contributed by atoms with van der Waals surface area (Å²) in [6.07, 6.45) is 0. The number of likely N-dealkylation sites (N-methyl/N-ethyl adjacent to an activating group) is 1. The molecule has 0 spiro atoms. The number of rotatable bonds is 8. The summed E-state index contributed by atoms with van der Waals surface area (Å²) >= 11 is 0. The summed E-state index contributed by atoms with van der Waals surface area (Å²) in [5.74, 6) is 0.650. The molecular formula is C14H32N2O. The largest absolute Gasteiger partial charge is 0.380 e. The summed E-state index contributed by atoms with van der Waals surface area (Å²) in [5, 5.41) is 3.59. The predicted octanol–water partition coefficient (Wildman–Crippen LogP) is 2.37. The minimum Gasteiger partial charge on any atom is -0.380 e. The van der Waals surface area contributed by atoms with E-state index in [1.807, 2.05) is 6.92 Å². The fourth-order valence-electron chi connectivity index (χ4n) is 1.83. The molecular weight excluding hydrogens is 212 g/mol. The maximum Gasteiger partial charge on any atom is 0.0593 e. The highest BCUT2D eigenvalue weighted by atomic mass is 16.5. The van der Waals surface area contributed by atoms with Gasteiger partial charge in [-0.1, -0.05) is 13.8 Å². The van der Waals surface area contributed by atoms with Gasteiger partial charge in [-0.2, -0.15) is 0 Å². The van der Waals surface area contributed by atoms with Crippen LogP contribution in [0.5, 0.6) is 0 Å². The summed E-state index contributed by atoms with van der Waals surface area (Å²) in [6.45, 7) is 16.9. The molecule has 0 radical (unpaired) electrons. The molecule has 0 aliphatic heterocycles. The molecule has 0 saturated carbocycles. The molecule has 0 aromatic rings. The summed E-state index contributed by atoms with van der Waals surface area (Å²) in [4.78, 5) is 2.40. The van der Waals surface area contributed by atoms with Crippen molar-refractivity contribution < 1.29 is 4.74 Å². The van der Waals surface area contributed by atoms with Gasteiger partial charge in [-0.15, -0.1) is 0 Å². The van der Waals surface area contributed by atoms with Gasteiger partial charge in [0.2, 0.25) is 0 Å². The Balaban J connectivity index is 4.12. The van der Waals surface area contributed by atoms with E-state index in [0.717, 1.165) is 26.3 Å². The minimum atomic E-state index is 0.188. The van der Waals surface area contributed by atoms with Crippen molar-refractivity contribution in [1.82, 2.24) is 10.2 Å². The zero-order valence-electron chi connectivity index (χ0n) is 12.8. The second-order valence-corrected chi connectivity index (χ2v) is 6.12. The van der Waals surface area contributed by atoms with Gasteiger partial charge in [0.25, 0.3) is 0 Å². The van der Waals surface area contributed by atoms with Gasteiger partial charge >= 0.3 is 0 Å². The number of nitrogens with zero attached hydrogens (tertiary/aromatic N) is 1. The van der Waals surface area contributed by atoms with Crippen molar-refractivity contribution >= 4 is 0 Å². The molecule has 0 rings (SSSR count). The maximum atomic E-state index is 5.42. The van der Waals surface area contributed by atoms with Gasteiger partial charge < -0.3 is 10.1 Å². The van der Waals surface area contributed by atoms with Crippen LogP contribution in [0.25, 0.3) is 0 Å². The lowest BCUT2D eigenvalue weighted by atomic mass is 10.0. The maximum absolute atomic E-state index is 5.42. The smallest absolute Gasteiger partial charge is 0.0593 e. The Kier molecular flexibility index (Phi) is 8.01. The highest BCUT2D eigenvalue weighted by Crippen LogP contribution is 2.10. The van der Waals surface area contributed by atoms with Crippen molar-refractivity contribution in [1.29, 1.82) is 0 Å².